The molecule has 1 fully saturated rings. The molecule has 3 rings (SSSR count). The van der Waals surface area contributed by atoms with Gasteiger partial charge in [-0.05, 0) is 42.8 Å². The topological polar surface area (TPSA) is 52.6 Å². The fourth-order valence-electron chi connectivity index (χ4n) is 3.59. The zero-order valence-corrected chi connectivity index (χ0v) is 18.1. The van der Waals surface area contributed by atoms with Crippen molar-refractivity contribution in [2.24, 2.45) is 0 Å². The molecule has 0 radical (unpaired) electrons. The summed E-state index contributed by atoms with van der Waals surface area (Å²) in [6.45, 7) is 0. The second-order valence-corrected chi connectivity index (χ2v) is 9.65. The van der Waals surface area contributed by atoms with Gasteiger partial charge in [0.15, 0.2) is 11.0 Å². The van der Waals surface area contributed by atoms with Crippen molar-refractivity contribution in [1.82, 2.24) is 0 Å². The van der Waals surface area contributed by atoms with Crippen molar-refractivity contribution in [3.05, 3.63) is 57.6 Å². The van der Waals surface area contributed by atoms with E-state index in [9.17, 15) is 9.59 Å². The largest absolute Gasteiger partial charge is 0.496 e. The molecule has 1 aliphatic rings. The summed E-state index contributed by atoms with van der Waals surface area (Å²) >= 11 is 12.6. The molecule has 2 aromatic carbocycles. The van der Waals surface area contributed by atoms with Crippen LogP contribution in [0.25, 0.3) is 0 Å². The number of ether oxygens (including phenoxy) is 2. The Kier molecular flexibility index (Phi) is 6.98. The first-order chi connectivity index (χ1) is 13.5. The Morgan fingerprint density at radius 3 is 1.82 bits per heavy atom. The van der Waals surface area contributed by atoms with E-state index in [4.69, 9.17) is 32.7 Å². The van der Waals surface area contributed by atoms with Gasteiger partial charge in [0.05, 0.1) is 29.8 Å². The van der Waals surface area contributed by atoms with Gasteiger partial charge in [-0.1, -0.05) is 48.2 Å². The fraction of sp³-hybridized carbons (Fsp3) is 0.333. The highest BCUT2D eigenvalue weighted by molar-refractivity contribution is 7.91. The van der Waals surface area contributed by atoms with Crippen LogP contribution >= 0.6 is 31.1 Å². The minimum atomic E-state index is -1.72. The lowest BCUT2D eigenvalue weighted by atomic mass is 10.2. The van der Waals surface area contributed by atoms with Crippen molar-refractivity contribution >= 4 is 42.2 Å². The highest BCUT2D eigenvalue weighted by Crippen LogP contribution is 2.56. The molecule has 0 saturated heterocycles. The molecule has 0 spiro atoms. The Labute approximate surface area is 175 Å². The van der Waals surface area contributed by atoms with Crippen molar-refractivity contribution in [2.45, 2.75) is 31.3 Å². The summed E-state index contributed by atoms with van der Waals surface area (Å²) in [5.41, 5.74) is -0.00213. The van der Waals surface area contributed by atoms with Crippen LogP contribution in [0.1, 0.15) is 46.4 Å². The molecule has 7 heteroatoms. The summed E-state index contributed by atoms with van der Waals surface area (Å²) in [6, 6.07) is 10.1. The molecule has 1 atom stereocenters. The molecular weight excluding hydrogens is 418 g/mol. The van der Waals surface area contributed by atoms with Crippen LogP contribution in [-0.2, 0) is 0 Å². The predicted molar refractivity (Wildman–Crippen MR) is 114 cm³/mol. The summed E-state index contributed by atoms with van der Waals surface area (Å²) < 4.78 is 10.8. The summed E-state index contributed by atoms with van der Waals surface area (Å²) in [7, 11) is 1.27. The number of halogens is 2. The van der Waals surface area contributed by atoms with Crippen LogP contribution in [0.5, 0.6) is 11.5 Å². The average molecular weight is 439 g/mol. The van der Waals surface area contributed by atoms with Crippen molar-refractivity contribution in [3.63, 3.8) is 0 Å². The van der Waals surface area contributed by atoms with Gasteiger partial charge in [0.2, 0.25) is 0 Å². The quantitative estimate of drug-likeness (QED) is 0.468. The van der Waals surface area contributed by atoms with Crippen molar-refractivity contribution in [1.29, 1.82) is 0 Å². The van der Waals surface area contributed by atoms with Crippen molar-refractivity contribution in [3.8, 4) is 11.5 Å². The summed E-state index contributed by atoms with van der Waals surface area (Å²) in [5, 5.41) is 0.533. The summed E-state index contributed by atoms with van der Waals surface area (Å²) in [6.07, 6.45) is 3.68. The lowest BCUT2D eigenvalue weighted by molar-refractivity contribution is 0.104. The minimum Gasteiger partial charge on any atom is -0.496 e. The van der Waals surface area contributed by atoms with Gasteiger partial charge in [-0.15, -0.1) is 0 Å². The van der Waals surface area contributed by atoms with Crippen LogP contribution in [0.3, 0.4) is 0 Å². The van der Waals surface area contributed by atoms with Crippen LogP contribution in [0.2, 0.25) is 10.0 Å². The van der Waals surface area contributed by atoms with E-state index < -0.39 is 7.92 Å². The van der Waals surface area contributed by atoms with Gasteiger partial charge in [0.1, 0.15) is 17.1 Å². The molecule has 4 nitrogen and oxygen atoms in total. The summed E-state index contributed by atoms with van der Waals surface area (Å²) in [5.74, 6) is 0.792. The van der Waals surface area contributed by atoms with E-state index in [-0.39, 0.29) is 32.3 Å². The molecule has 0 heterocycles. The maximum atomic E-state index is 13.7. The SMILES string of the molecule is COc1cccc(OC)c1C(=O)P(C(=O)c1c(Cl)cccc1Cl)C1CCCC1. The Morgan fingerprint density at radius 1 is 0.857 bits per heavy atom. The van der Waals surface area contributed by atoms with Crippen LogP contribution in [0.15, 0.2) is 36.4 Å². The molecule has 0 aromatic heterocycles. The molecule has 0 aliphatic heterocycles. The van der Waals surface area contributed by atoms with E-state index in [1.807, 2.05) is 0 Å². The van der Waals surface area contributed by atoms with Gasteiger partial charge in [0.25, 0.3) is 0 Å². The number of carbonyl (C=O) groups excluding carboxylic acids is 2. The van der Waals surface area contributed by atoms with Gasteiger partial charge < -0.3 is 9.47 Å². The molecule has 148 valence electrons. The van der Waals surface area contributed by atoms with Crippen LogP contribution in [0.4, 0.5) is 0 Å². The van der Waals surface area contributed by atoms with E-state index in [2.05, 4.69) is 0 Å². The molecule has 1 saturated carbocycles. The Balaban J connectivity index is 2.12. The molecular formula is C21H21Cl2O4P. The molecule has 1 unspecified atom stereocenters. The highest BCUT2D eigenvalue weighted by atomic mass is 35.5. The first kappa shape index (κ1) is 21.1. The van der Waals surface area contributed by atoms with Crippen LogP contribution in [0, 0.1) is 0 Å². The molecule has 1 aliphatic carbocycles. The maximum absolute atomic E-state index is 13.7. The number of carbonyl (C=O) groups is 2. The molecule has 28 heavy (non-hydrogen) atoms. The van der Waals surface area contributed by atoms with Crippen LogP contribution < -0.4 is 9.47 Å². The smallest absolute Gasteiger partial charge is 0.199 e. The van der Waals surface area contributed by atoms with E-state index in [1.165, 1.54) is 14.2 Å². The normalized spacial score (nSPS) is 15.3. The summed E-state index contributed by atoms with van der Waals surface area (Å²) in [4.78, 5) is 27.2. The number of rotatable bonds is 7. The van der Waals surface area contributed by atoms with Gasteiger partial charge in [-0.3, -0.25) is 9.59 Å². The number of hydrogen-bond acceptors (Lipinski definition) is 4. The van der Waals surface area contributed by atoms with Gasteiger partial charge in [-0.2, -0.15) is 0 Å². The lowest BCUT2D eigenvalue weighted by Crippen LogP contribution is -2.17. The van der Waals surface area contributed by atoms with Gasteiger partial charge in [0, 0.05) is 7.92 Å². The average Bonchev–Trinajstić information content (AvgIpc) is 3.21. The number of hydrogen-bond donors (Lipinski definition) is 0. The Morgan fingerprint density at radius 2 is 1.32 bits per heavy atom. The van der Waals surface area contributed by atoms with E-state index in [0.29, 0.717) is 17.1 Å². The van der Waals surface area contributed by atoms with Gasteiger partial charge in [-0.25, -0.2) is 0 Å². The van der Waals surface area contributed by atoms with Crippen LogP contribution in [-0.4, -0.2) is 30.9 Å². The third-order valence-corrected chi connectivity index (χ3v) is 8.14. The molecule has 0 N–H and O–H groups in total. The second-order valence-electron chi connectivity index (χ2n) is 6.55. The number of benzene rings is 2. The number of methoxy groups -OCH3 is 2. The standard InChI is InChI=1S/C21H21Cl2O4P/c1-26-16-11-6-12-17(27-2)19(16)21(25)28(13-7-3-4-8-13)20(24)18-14(22)9-5-10-15(18)23/h5-6,9-13H,3-4,7-8H2,1-2H3. The third kappa shape index (κ3) is 4.05. The van der Waals surface area contributed by atoms with Crippen molar-refractivity contribution < 1.29 is 19.1 Å². The maximum Gasteiger partial charge on any atom is 0.199 e. The zero-order chi connectivity index (χ0) is 20.3. The van der Waals surface area contributed by atoms with E-state index in [0.717, 1.165) is 25.7 Å². The fourth-order valence-corrected chi connectivity index (χ4v) is 6.96. The van der Waals surface area contributed by atoms with E-state index >= 15 is 0 Å². The Bertz CT molecular complexity index is 851. The molecule has 0 amide bonds. The predicted octanol–water partition coefficient (Wildman–Crippen LogP) is 6.42. The first-order valence-corrected chi connectivity index (χ1v) is 11.2. The third-order valence-electron chi connectivity index (χ3n) is 4.95. The van der Waals surface area contributed by atoms with Crippen molar-refractivity contribution in [2.75, 3.05) is 14.2 Å². The highest BCUT2D eigenvalue weighted by Gasteiger charge is 2.40. The zero-order valence-electron chi connectivity index (χ0n) is 15.7. The monoisotopic (exact) mass is 438 g/mol. The molecule has 2 aromatic rings. The van der Waals surface area contributed by atoms with Gasteiger partial charge >= 0.3 is 0 Å². The first-order valence-electron chi connectivity index (χ1n) is 9.02. The minimum absolute atomic E-state index is 0.00282. The van der Waals surface area contributed by atoms with E-state index in [1.54, 1.807) is 36.4 Å². The molecule has 0 bridgehead atoms. The Hall–Kier alpha value is -1.61. The second kappa shape index (κ2) is 9.26. The lowest BCUT2D eigenvalue weighted by Gasteiger charge is -2.24.